The van der Waals surface area contributed by atoms with Gasteiger partial charge in [-0.15, -0.1) is 0 Å². The fourth-order valence-electron chi connectivity index (χ4n) is 1.28. The molecule has 0 aliphatic carbocycles. The van der Waals surface area contributed by atoms with Crippen molar-refractivity contribution in [2.75, 3.05) is 6.54 Å². The Kier molecular flexibility index (Phi) is 4.16. The maximum Gasteiger partial charge on any atom is 0.407 e. The molecule has 0 aliphatic heterocycles. The molecule has 84 valence electrons. The fourth-order valence-corrected chi connectivity index (χ4v) is 1.55. The highest BCUT2D eigenvalue weighted by atomic mass is 79.9. The third kappa shape index (κ3) is 3.50. The topological polar surface area (TPSA) is 12.0 Å². The molecule has 0 spiro atoms. The summed E-state index contributed by atoms with van der Waals surface area (Å²) < 4.78 is 38.6. The lowest BCUT2D eigenvalue weighted by Gasteiger charge is -2.21. The molecule has 15 heavy (non-hydrogen) atoms. The number of halogens is 4. The minimum absolute atomic E-state index is 0.229. The summed E-state index contributed by atoms with van der Waals surface area (Å²) in [6, 6.07) is 4.54. The van der Waals surface area contributed by atoms with E-state index in [1.54, 1.807) is 19.1 Å². The predicted molar refractivity (Wildman–Crippen MR) is 56.6 cm³/mol. The highest BCUT2D eigenvalue weighted by molar-refractivity contribution is 9.10. The number of rotatable bonds is 3. The van der Waals surface area contributed by atoms with E-state index in [0.29, 0.717) is 0 Å². The minimum Gasteiger partial charge on any atom is -0.303 e. The van der Waals surface area contributed by atoms with E-state index in [-0.39, 0.29) is 12.1 Å². The first kappa shape index (κ1) is 12.5. The maximum absolute atomic E-state index is 12.6. The second-order valence-corrected chi connectivity index (χ2v) is 4.00. The molecule has 1 atom stereocenters. The lowest BCUT2D eigenvalue weighted by Crippen LogP contribution is -2.33. The van der Waals surface area contributed by atoms with Crippen molar-refractivity contribution < 1.29 is 13.2 Å². The van der Waals surface area contributed by atoms with Crippen LogP contribution in [-0.4, -0.2) is 12.7 Å². The molecule has 0 aliphatic rings. The lowest BCUT2D eigenvalue weighted by atomic mass is 10.1. The summed E-state index contributed by atoms with van der Waals surface area (Å²) >= 11 is 3.18. The summed E-state index contributed by atoms with van der Waals surface area (Å²) in [5.74, 6) is 0. The van der Waals surface area contributed by atoms with Crippen molar-refractivity contribution in [3.8, 4) is 0 Å². The zero-order valence-corrected chi connectivity index (χ0v) is 9.69. The van der Waals surface area contributed by atoms with Gasteiger partial charge in [-0.3, -0.25) is 0 Å². The van der Waals surface area contributed by atoms with Gasteiger partial charge < -0.3 is 5.32 Å². The van der Waals surface area contributed by atoms with Crippen LogP contribution in [0, 0.1) is 0 Å². The highest BCUT2D eigenvalue weighted by Gasteiger charge is 2.39. The molecule has 0 radical (unpaired) electrons. The van der Waals surface area contributed by atoms with E-state index in [9.17, 15) is 13.2 Å². The molecule has 1 N–H and O–H groups in total. The first-order chi connectivity index (χ1) is 6.95. The standard InChI is InChI=1S/C10H11BrF3N/c1-2-15-9(10(12,13)14)7-3-5-8(11)6-4-7/h3-6,9,15H,2H2,1H3. The Balaban J connectivity index is 2.94. The number of benzene rings is 1. The van der Waals surface area contributed by atoms with Crippen molar-refractivity contribution in [1.82, 2.24) is 5.32 Å². The molecule has 1 unspecified atom stereocenters. The maximum atomic E-state index is 12.6. The van der Waals surface area contributed by atoms with Gasteiger partial charge in [0, 0.05) is 4.47 Å². The van der Waals surface area contributed by atoms with Crippen LogP contribution in [0.3, 0.4) is 0 Å². The average Bonchev–Trinajstić information content (AvgIpc) is 2.14. The largest absolute Gasteiger partial charge is 0.407 e. The predicted octanol–water partition coefficient (Wildman–Crippen LogP) is 3.66. The van der Waals surface area contributed by atoms with Gasteiger partial charge in [-0.1, -0.05) is 35.0 Å². The van der Waals surface area contributed by atoms with Crippen LogP contribution in [0.2, 0.25) is 0 Å². The van der Waals surface area contributed by atoms with Crippen LogP contribution in [0.15, 0.2) is 28.7 Å². The second kappa shape index (κ2) is 4.99. The van der Waals surface area contributed by atoms with Crippen LogP contribution in [0.4, 0.5) is 13.2 Å². The Morgan fingerprint density at radius 1 is 1.27 bits per heavy atom. The minimum atomic E-state index is -4.26. The number of hydrogen-bond donors (Lipinski definition) is 1. The molecule has 1 aromatic carbocycles. The van der Waals surface area contributed by atoms with Gasteiger partial charge in [0.2, 0.25) is 0 Å². The van der Waals surface area contributed by atoms with E-state index in [1.807, 2.05) is 0 Å². The third-order valence-electron chi connectivity index (χ3n) is 1.94. The van der Waals surface area contributed by atoms with Crippen molar-refractivity contribution >= 4 is 15.9 Å². The molecule has 0 fully saturated rings. The van der Waals surface area contributed by atoms with Gasteiger partial charge in [0.25, 0.3) is 0 Å². The zero-order chi connectivity index (χ0) is 11.5. The van der Waals surface area contributed by atoms with Gasteiger partial charge in [0.15, 0.2) is 0 Å². The van der Waals surface area contributed by atoms with Crippen LogP contribution in [0.5, 0.6) is 0 Å². The normalized spacial score (nSPS) is 13.9. The third-order valence-corrected chi connectivity index (χ3v) is 2.47. The SMILES string of the molecule is CCNC(c1ccc(Br)cc1)C(F)(F)F. The van der Waals surface area contributed by atoms with E-state index in [2.05, 4.69) is 21.2 Å². The molecule has 0 saturated heterocycles. The van der Waals surface area contributed by atoms with Crippen molar-refractivity contribution in [3.63, 3.8) is 0 Å². The summed E-state index contributed by atoms with van der Waals surface area (Å²) in [5.41, 5.74) is 0.229. The molecule has 1 aromatic rings. The van der Waals surface area contributed by atoms with Crippen LogP contribution in [0.1, 0.15) is 18.5 Å². The van der Waals surface area contributed by atoms with Gasteiger partial charge in [-0.2, -0.15) is 13.2 Å². The molecule has 0 saturated carbocycles. The van der Waals surface area contributed by atoms with E-state index >= 15 is 0 Å². The molecule has 0 aromatic heterocycles. The Morgan fingerprint density at radius 3 is 2.20 bits per heavy atom. The second-order valence-electron chi connectivity index (χ2n) is 3.08. The van der Waals surface area contributed by atoms with Gasteiger partial charge in [-0.25, -0.2) is 0 Å². The van der Waals surface area contributed by atoms with E-state index in [1.165, 1.54) is 12.1 Å². The number of hydrogen-bond acceptors (Lipinski definition) is 1. The van der Waals surface area contributed by atoms with Crippen LogP contribution < -0.4 is 5.32 Å². The summed E-state index contributed by atoms with van der Waals surface area (Å²) in [5, 5.41) is 2.42. The summed E-state index contributed by atoms with van der Waals surface area (Å²) in [6.07, 6.45) is -4.26. The summed E-state index contributed by atoms with van der Waals surface area (Å²) in [4.78, 5) is 0. The Labute approximate surface area is 94.8 Å². The van der Waals surface area contributed by atoms with Gasteiger partial charge >= 0.3 is 6.18 Å². The molecular formula is C10H11BrF3N. The van der Waals surface area contributed by atoms with Crippen LogP contribution in [-0.2, 0) is 0 Å². The van der Waals surface area contributed by atoms with Crippen molar-refractivity contribution in [2.24, 2.45) is 0 Å². The first-order valence-corrected chi connectivity index (χ1v) is 5.30. The van der Waals surface area contributed by atoms with Gasteiger partial charge in [-0.05, 0) is 24.2 Å². The average molecular weight is 282 g/mol. The summed E-state index contributed by atoms with van der Waals surface area (Å²) in [6.45, 7) is 1.93. The molecule has 0 bridgehead atoms. The van der Waals surface area contributed by atoms with Crippen molar-refractivity contribution in [3.05, 3.63) is 34.3 Å². The number of nitrogens with one attached hydrogen (secondary N) is 1. The monoisotopic (exact) mass is 281 g/mol. The summed E-state index contributed by atoms with van der Waals surface area (Å²) in [7, 11) is 0. The lowest BCUT2D eigenvalue weighted by molar-refractivity contribution is -0.157. The molecule has 5 heteroatoms. The quantitative estimate of drug-likeness (QED) is 0.892. The molecule has 0 amide bonds. The molecular weight excluding hydrogens is 271 g/mol. The van der Waals surface area contributed by atoms with E-state index in [4.69, 9.17) is 0 Å². The Bertz CT molecular complexity index is 307. The zero-order valence-electron chi connectivity index (χ0n) is 8.11. The van der Waals surface area contributed by atoms with E-state index < -0.39 is 12.2 Å². The molecule has 1 rings (SSSR count). The Hall–Kier alpha value is -0.550. The smallest absolute Gasteiger partial charge is 0.303 e. The highest BCUT2D eigenvalue weighted by Crippen LogP contribution is 2.32. The molecule has 0 heterocycles. The van der Waals surface area contributed by atoms with Crippen molar-refractivity contribution in [2.45, 2.75) is 19.1 Å². The van der Waals surface area contributed by atoms with Gasteiger partial charge in [0.1, 0.15) is 6.04 Å². The Morgan fingerprint density at radius 2 is 1.80 bits per heavy atom. The molecule has 1 nitrogen and oxygen atoms in total. The van der Waals surface area contributed by atoms with E-state index in [0.717, 1.165) is 4.47 Å². The van der Waals surface area contributed by atoms with Crippen LogP contribution >= 0.6 is 15.9 Å². The van der Waals surface area contributed by atoms with Crippen molar-refractivity contribution in [1.29, 1.82) is 0 Å². The van der Waals surface area contributed by atoms with Crippen LogP contribution in [0.25, 0.3) is 0 Å². The fraction of sp³-hybridized carbons (Fsp3) is 0.400. The first-order valence-electron chi connectivity index (χ1n) is 4.50. The number of alkyl halides is 3. The van der Waals surface area contributed by atoms with Gasteiger partial charge in [0.05, 0.1) is 0 Å².